The van der Waals surface area contributed by atoms with Crippen LogP contribution in [0, 0.1) is 5.92 Å². The third kappa shape index (κ3) is 2.64. The minimum atomic E-state index is 0.526. The van der Waals surface area contributed by atoms with Gasteiger partial charge in [-0.25, -0.2) is 0 Å². The third-order valence-corrected chi connectivity index (χ3v) is 4.38. The maximum Gasteiger partial charge on any atom is 0.161 e. The lowest BCUT2D eigenvalue weighted by Gasteiger charge is -2.34. The maximum atomic E-state index is 5.83. The second-order valence-electron chi connectivity index (χ2n) is 6.45. The Labute approximate surface area is 121 Å². The van der Waals surface area contributed by atoms with E-state index in [9.17, 15) is 0 Å². The Morgan fingerprint density at radius 2 is 1.90 bits per heavy atom. The zero-order valence-electron chi connectivity index (χ0n) is 12.7. The summed E-state index contributed by atoms with van der Waals surface area (Å²) in [5.74, 6) is 3.09. The quantitative estimate of drug-likeness (QED) is 0.896. The van der Waals surface area contributed by atoms with Gasteiger partial charge in [0.2, 0.25) is 0 Å². The Morgan fingerprint density at radius 1 is 1.20 bits per heavy atom. The van der Waals surface area contributed by atoms with Crippen LogP contribution in [-0.4, -0.2) is 19.3 Å². The summed E-state index contributed by atoms with van der Waals surface area (Å²) < 4.78 is 11.6. The van der Waals surface area contributed by atoms with Crippen molar-refractivity contribution in [2.45, 2.75) is 52.1 Å². The summed E-state index contributed by atoms with van der Waals surface area (Å²) in [6, 6.07) is 4.95. The Hall–Kier alpha value is -1.22. The molecule has 2 unspecified atom stereocenters. The Bertz CT molecular complexity index is 484. The van der Waals surface area contributed by atoms with Crippen LogP contribution in [0.4, 0.5) is 0 Å². The number of hydrogen-bond acceptors (Lipinski definition) is 3. The molecule has 0 aliphatic carbocycles. The van der Waals surface area contributed by atoms with Crippen LogP contribution in [0.1, 0.15) is 50.7 Å². The SMILES string of the molecule is CC(C)CC1NCc2cc3c(cc2C1C)OCCCO3. The number of nitrogens with one attached hydrogen (secondary N) is 1. The van der Waals surface area contributed by atoms with Gasteiger partial charge in [0.15, 0.2) is 11.5 Å². The fraction of sp³-hybridized carbons (Fsp3) is 0.647. The molecule has 0 bridgehead atoms. The predicted octanol–water partition coefficient (Wildman–Crippen LogP) is 3.47. The topological polar surface area (TPSA) is 30.5 Å². The van der Waals surface area contributed by atoms with Gasteiger partial charge in [-0.3, -0.25) is 0 Å². The van der Waals surface area contributed by atoms with Crippen molar-refractivity contribution in [1.29, 1.82) is 0 Å². The summed E-state index contributed by atoms with van der Waals surface area (Å²) in [7, 11) is 0. The molecule has 1 aromatic carbocycles. The van der Waals surface area contributed by atoms with Crippen molar-refractivity contribution in [3.8, 4) is 11.5 Å². The summed E-state index contributed by atoms with van der Waals surface area (Å²) in [4.78, 5) is 0. The smallest absolute Gasteiger partial charge is 0.161 e. The van der Waals surface area contributed by atoms with Gasteiger partial charge in [-0.15, -0.1) is 0 Å². The van der Waals surface area contributed by atoms with Crippen LogP contribution in [0.15, 0.2) is 12.1 Å². The van der Waals surface area contributed by atoms with E-state index in [-0.39, 0.29) is 0 Å². The summed E-state index contributed by atoms with van der Waals surface area (Å²) in [6.45, 7) is 9.35. The van der Waals surface area contributed by atoms with Gasteiger partial charge < -0.3 is 14.8 Å². The monoisotopic (exact) mass is 275 g/mol. The van der Waals surface area contributed by atoms with Crippen LogP contribution in [0.2, 0.25) is 0 Å². The predicted molar refractivity (Wildman–Crippen MR) is 80.5 cm³/mol. The average Bonchev–Trinajstić information content (AvgIpc) is 2.64. The Morgan fingerprint density at radius 3 is 2.60 bits per heavy atom. The number of fused-ring (bicyclic) bond motifs is 2. The molecular formula is C17H25NO2. The largest absolute Gasteiger partial charge is 0.490 e. The average molecular weight is 275 g/mol. The van der Waals surface area contributed by atoms with Gasteiger partial charge in [0.05, 0.1) is 13.2 Å². The van der Waals surface area contributed by atoms with E-state index in [1.54, 1.807) is 0 Å². The lowest BCUT2D eigenvalue weighted by atomic mass is 9.82. The van der Waals surface area contributed by atoms with Crippen molar-refractivity contribution in [2.75, 3.05) is 13.2 Å². The molecule has 2 atom stereocenters. The van der Waals surface area contributed by atoms with Gasteiger partial charge in [0.25, 0.3) is 0 Å². The van der Waals surface area contributed by atoms with E-state index in [1.165, 1.54) is 17.5 Å². The third-order valence-electron chi connectivity index (χ3n) is 4.38. The number of hydrogen-bond donors (Lipinski definition) is 1. The first-order valence-corrected chi connectivity index (χ1v) is 7.81. The lowest BCUT2D eigenvalue weighted by Crippen LogP contribution is -2.39. The van der Waals surface area contributed by atoms with Gasteiger partial charge >= 0.3 is 0 Å². The van der Waals surface area contributed by atoms with Gasteiger partial charge in [-0.1, -0.05) is 20.8 Å². The molecule has 20 heavy (non-hydrogen) atoms. The van der Waals surface area contributed by atoms with E-state index in [0.717, 1.165) is 43.6 Å². The van der Waals surface area contributed by atoms with Crippen LogP contribution < -0.4 is 14.8 Å². The fourth-order valence-electron chi connectivity index (χ4n) is 3.27. The van der Waals surface area contributed by atoms with Crippen LogP contribution in [0.5, 0.6) is 11.5 Å². The lowest BCUT2D eigenvalue weighted by molar-refractivity contribution is 0.297. The van der Waals surface area contributed by atoms with Crippen molar-refractivity contribution in [1.82, 2.24) is 5.32 Å². The zero-order chi connectivity index (χ0) is 14.1. The van der Waals surface area contributed by atoms with E-state index in [1.807, 2.05) is 0 Å². The molecular weight excluding hydrogens is 250 g/mol. The molecule has 2 aliphatic rings. The molecule has 1 aromatic rings. The van der Waals surface area contributed by atoms with Gasteiger partial charge in [0, 0.05) is 19.0 Å². The van der Waals surface area contributed by atoms with E-state index < -0.39 is 0 Å². The minimum absolute atomic E-state index is 0.526. The second-order valence-corrected chi connectivity index (χ2v) is 6.45. The highest BCUT2D eigenvalue weighted by Gasteiger charge is 2.28. The molecule has 0 fully saturated rings. The summed E-state index contributed by atoms with van der Waals surface area (Å²) in [6.07, 6.45) is 2.18. The maximum absolute atomic E-state index is 5.83. The van der Waals surface area contributed by atoms with E-state index in [0.29, 0.717) is 12.0 Å². The molecule has 3 heteroatoms. The van der Waals surface area contributed by atoms with Gasteiger partial charge in [-0.05, 0) is 41.5 Å². The first-order valence-electron chi connectivity index (χ1n) is 7.81. The highest BCUT2D eigenvalue weighted by molar-refractivity contribution is 5.50. The van der Waals surface area contributed by atoms with E-state index >= 15 is 0 Å². The van der Waals surface area contributed by atoms with Crippen LogP contribution >= 0.6 is 0 Å². The summed E-state index contributed by atoms with van der Waals surface area (Å²) in [5, 5.41) is 3.68. The van der Waals surface area contributed by atoms with Gasteiger partial charge in [0.1, 0.15) is 0 Å². The summed E-state index contributed by atoms with van der Waals surface area (Å²) in [5.41, 5.74) is 2.79. The molecule has 0 spiro atoms. The Kier molecular flexibility index (Phi) is 3.88. The number of benzene rings is 1. The standard InChI is InChI=1S/C17H25NO2/c1-11(2)7-15-12(3)14-9-17-16(8-13(14)10-18-15)19-5-4-6-20-17/h8-9,11-12,15,18H,4-7,10H2,1-3H3. The van der Waals surface area contributed by atoms with Crippen molar-refractivity contribution >= 4 is 0 Å². The van der Waals surface area contributed by atoms with E-state index in [4.69, 9.17) is 9.47 Å². The Balaban J connectivity index is 1.90. The highest BCUT2D eigenvalue weighted by atomic mass is 16.5. The molecule has 1 N–H and O–H groups in total. The van der Waals surface area contributed by atoms with Crippen molar-refractivity contribution in [2.24, 2.45) is 5.92 Å². The minimum Gasteiger partial charge on any atom is -0.490 e. The first-order chi connectivity index (χ1) is 9.65. The molecule has 2 aliphatic heterocycles. The molecule has 3 rings (SSSR count). The second kappa shape index (κ2) is 5.65. The fourth-order valence-corrected chi connectivity index (χ4v) is 3.27. The molecule has 0 amide bonds. The highest BCUT2D eigenvalue weighted by Crippen LogP contribution is 2.39. The van der Waals surface area contributed by atoms with Crippen molar-refractivity contribution in [3.05, 3.63) is 23.3 Å². The van der Waals surface area contributed by atoms with Gasteiger partial charge in [-0.2, -0.15) is 0 Å². The molecule has 0 saturated heterocycles. The van der Waals surface area contributed by atoms with Crippen LogP contribution in [-0.2, 0) is 6.54 Å². The molecule has 110 valence electrons. The number of rotatable bonds is 2. The normalized spacial score (nSPS) is 25.2. The van der Waals surface area contributed by atoms with Crippen LogP contribution in [0.25, 0.3) is 0 Å². The molecule has 0 radical (unpaired) electrons. The zero-order valence-corrected chi connectivity index (χ0v) is 12.7. The molecule has 0 saturated carbocycles. The van der Waals surface area contributed by atoms with Crippen LogP contribution in [0.3, 0.4) is 0 Å². The summed E-state index contributed by atoms with van der Waals surface area (Å²) >= 11 is 0. The van der Waals surface area contributed by atoms with E-state index in [2.05, 4.69) is 38.2 Å². The molecule has 3 nitrogen and oxygen atoms in total. The van der Waals surface area contributed by atoms with Crippen molar-refractivity contribution < 1.29 is 9.47 Å². The molecule has 0 aromatic heterocycles. The van der Waals surface area contributed by atoms with Crippen molar-refractivity contribution in [3.63, 3.8) is 0 Å². The molecule has 2 heterocycles. The first kappa shape index (κ1) is 13.7. The number of ether oxygens (including phenoxy) is 2.